The number of ether oxygens (including phenoxy) is 1. The van der Waals surface area contributed by atoms with Crippen LogP contribution in [-0.2, 0) is 0 Å². The van der Waals surface area contributed by atoms with Crippen LogP contribution in [0.15, 0.2) is 41.4 Å². The van der Waals surface area contributed by atoms with Gasteiger partial charge < -0.3 is 10.5 Å². The highest BCUT2D eigenvalue weighted by atomic mass is 32.2. The lowest BCUT2D eigenvalue weighted by atomic mass is 10.3. The molecule has 17 heavy (non-hydrogen) atoms. The van der Waals surface area contributed by atoms with E-state index in [1.807, 2.05) is 43.5 Å². The molecular weight excluding hydrogens is 232 g/mol. The van der Waals surface area contributed by atoms with E-state index in [0.717, 1.165) is 16.2 Å². The monoisotopic (exact) mass is 246 g/mol. The lowest BCUT2D eigenvalue weighted by Gasteiger charge is -2.10. The summed E-state index contributed by atoms with van der Waals surface area (Å²) in [4.78, 5) is 5.28. The molecule has 0 atom stereocenters. The van der Waals surface area contributed by atoms with Crippen LogP contribution < -0.4 is 10.5 Å². The van der Waals surface area contributed by atoms with Crippen molar-refractivity contribution in [3.05, 3.63) is 42.1 Å². The fourth-order valence-corrected chi connectivity index (χ4v) is 2.02. The standard InChI is InChI=1S/C13H14N2OS/c1-9-7-10(14)8-15-13(9)16-11-5-3-4-6-12(11)17-2/h3-8H,14H2,1-2H3. The minimum absolute atomic E-state index is 0.598. The molecule has 1 aromatic carbocycles. The van der Waals surface area contributed by atoms with E-state index in [1.54, 1.807) is 18.0 Å². The Morgan fingerprint density at radius 1 is 1.29 bits per heavy atom. The Kier molecular flexibility index (Phi) is 3.54. The topological polar surface area (TPSA) is 48.1 Å². The Hall–Kier alpha value is -1.68. The maximum Gasteiger partial charge on any atom is 0.222 e. The van der Waals surface area contributed by atoms with Gasteiger partial charge in [-0.3, -0.25) is 0 Å². The number of benzene rings is 1. The molecule has 0 aliphatic heterocycles. The first-order valence-electron chi connectivity index (χ1n) is 5.23. The van der Waals surface area contributed by atoms with Crippen LogP contribution in [0.1, 0.15) is 5.56 Å². The summed E-state index contributed by atoms with van der Waals surface area (Å²) in [7, 11) is 0. The van der Waals surface area contributed by atoms with E-state index < -0.39 is 0 Å². The Morgan fingerprint density at radius 2 is 2.06 bits per heavy atom. The Morgan fingerprint density at radius 3 is 2.76 bits per heavy atom. The molecule has 0 saturated heterocycles. The molecule has 0 amide bonds. The maximum absolute atomic E-state index is 5.80. The lowest BCUT2D eigenvalue weighted by Crippen LogP contribution is -1.94. The third-order valence-corrected chi connectivity index (χ3v) is 3.10. The number of rotatable bonds is 3. The first-order valence-corrected chi connectivity index (χ1v) is 6.46. The summed E-state index contributed by atoms with van der Waals surface area (Å²) >= 11 is 1.65. The zero-order chi connectivity index (χ0) is 12.3. The number of nitrogens with zero attached hydrogens (tertiary/aromatic N) is 1. The normalized spacial score (nSPS) is 10.2. The number of pyridine rings is 1. The van der Waals surface area contributed by atoms with Crippen molar-refractivity contribution >= 4 is 17.4 Å². The van der Waals surface area contributed by atoms with Gasteiger partial charge in [0.05, 0.1) is 11.9 Å². The number of anilines is 1. The number of hydrogen-bond acceptors (Lipinski definition) is 4. The number of hydrogen-bond donors (Lipinski definition) is 1. The minimum Gasteiger partial charge on any atom is -0.438 e. The lowest BCUT2D eigenvalue weighted by molar-refractivity contribution is 0.448. The van der Waals surface area contributed by atoms with Crippen LogP contribution in [0.25, 0.3) is 0 Å². The summed E-state index contributed by atoms with van der Waals surface area (Å²) < 4.78 is 5.80. The third-order valence-electron chi connectivity index (χ3n) is 2.33. The van der Waals surface area contributed by atoms with E-state index in [-0.39, 0.29) is 0 Å². The van der Waals surface area contributed by atoms with Gasteiger partial charge in [-0.1, -0.05) is 12.1 Å². The van der Waals surface area contributed by atoms with Gasteiger partial charge in [-0.05, 0) is 31.4 Å². The molecule has 3 nitrogen and oxygen atoms in total. The molecule has 2 aromatic rings. The van der Waals surface area contributed by atoms with Crippen molar-refractivity contribution in [1.82, 2.24) is 4.98 Å². The molecule has 4 heteroatoms. The van der Waals surface area contributed by atoms with E-state index in [0.29, 0.717) is 11.6 Å². The largest absolute Gasteiger partial charge is 0.438 e. The number of para-hydroxylation sites is 1. The van der Waals surface area contributed by atoms with Crippen LogP contribution in [0.5, 0.6) is 11.6 Å². The summed E-state index contributed by atoms with van der Waals surface area (Å²) in [5.74, 6) is 1.42. The fourth-order valence-electron chi connectivity index (χ4n) is 1.50. The first kappa shape index (κ1) is 11.8. The minimum atomic E-state index is 0.598. The van der Waals surface area contributed by atoms with Crippen molar-refractivity contribution in [3.8, 4) is 11.6 Å². The van der Waals surface area contributed by atoms with Crippen molar-refractivity contribution in [3.63, 3.8) is 0 Å². The quantitative estimate of drug-likeness (QED) is 0.842. The number of nitrogen functional groups attached to an aromatic ring is 1. The van der Waals surface area contributed by atoms with Crippen LogP contribution in [0.2, 0.25) is 0 Å². The van der Waals surface area contributed by atoms with Gasteiger partial charge in [-0.2, -0.15) is 0 Å². The van der Waals surface area contributed by atoms with Gasteiger partial charge in [0.2, 0.25) is 5.88 Å². The van der Waals surface area contributed by atoms with Gasteiger partial charge in [0, 0.05) is 10.5 Å². The number of nitrogens with two attached hydrogens (primary N) is 1. The molecule has 0 aliphatic rings. The Bertz CT molecular complexity index is 529. The summed E-state index contributed by atoms with van der Waals surface area (Å²) in [6, 6.07) is 9.74. The van der Waals surface area contributed by atoms with Crippen molar-refractivity contribution in [1.29, 1.82) is 0 Å². The van der Waals surface area contributed by atoms with E-state index >= 15 is 0 Å². The second kappa shape index (κ2) is 5.10. The van der Waals surface area contributed by atoms with Gasteiger partial charge in [0.25, 0.3) is 0 Å². The van der Waals surface area contributed by atoms with Crippen LogP contribution in [0, 0.1) is 6.92 Å². The predicted molar refractivity (Wildman–Crippen MR) is 71.7 cm³/mol. The molecular formula is C13H14N2OS. The molecule has 1 aromatic heterocycles. The highest BCUT2D eigenvalue weighted by molar-refractivity contribution is 7.98. The highest BCUT2D eigenvalue weighted by Gasteiger charge is 2.06. The van der Waals surface area contributed by atoms with Gasteiger partial charge >= 0.3 is 0 Å². The van der Waals surface area contributed by atoms with E-state index in [9.17, 15) is 0 Å². The predicted octanol–water partition coefficient (Wildman–Crippen LogP) is 3.49. The van der Waals surface area contributed by atoms with Crippen molar-refractivity contribution < 1.29 is 4.74 Å². The molecule has 0 radical (unpaired) electrons. The maximum atomic E-state index is 5.80. The van der Waals surface area contributed by atoms with Crippen molar-refractivity contribution in [2.75, 3.05) is 12.0 Å². The van der Waals surface area contributed by atoms with E-state index in [1.165, 1.54) is 0 Å². The molecule has 0 bridgehead atoms. The van der Waals surface area contributed by atoms with Gasteiger partial charge in [0.1, 0.15) is 5.75 Å². The molecule has 0 spiro atoms. The average molecular weight is 246 g/mol. The smallest absolute Gasteiger partial charge is 0.222 e. The van der Waals surface area contributed by atoms with Crippen LogP contribution in [-0.4, -0.2) is 11.2 Å². The number of aromatic nitrogens is 1. The second-order valence-electron chi connectivity index (χ2n) is 3.64. The molecule has 2 rings (SSSR count). The summed E-state index contributed by atoms with van der Waals surface area (Å²) in [6.45, 7) is 1.93. The SMILES string of the molecule is CSc1ccccc1Oc1ncc(N)cc1C. The summed E-state index contributed by atoms with van der Waals surface area (Å²) in [5.41, 5.74) is 7.23. The van der Waals surface area contributed by atoms with E-state index in [2.05, 4.69) is 4.98 Å². The molecule has 0 fully saturated rings. The Labute approximate surface area is 105 Å². The van der Waals surface area contributed by atoms with Crippen molar-refractivity contribution in [2.45, 2.75) is 11.8 Å². The van der Waals surface area contributed by atoms with E-state index in [4.69, 9.17) is 10.5 Å². The molecule has 1 heterocycles. The van der Waals surface area contributed by atoms with Gasteiger partial charge in [-0.25, -0.2) is 4.98 Å². The highest BCUT2D eigenvalue weighted by Crippen LogP contribution is 2.31. The van der Waals surface area contributed by atoms with Crippen LogP contribution >= 0.6 is 11.8 Å². The zero-order valence-corrected chi connectivity index (χ0v) is 10.6. The average Bonchev–Trinajstić information content (AvgIpc) is 2.33. The number of thioether (sulfide) groups is 1. The van der Waals surface area contributed by atoms with Crippen LogP contribution in [0.4, 0.5) is 5.69 Å². The molecule has 0 saturated carbocycles. The first-order chi connectivity index (χ1) is 8.20. The Balaban J connectivity index is 2.31. The fraction of sp³-hybridized carbons (Fsp3) is 0.154. The summed E-state index contributed by atoms with van der Waals surface area (Å²) in [6.07, 6.45) is 3.62. The second-order valence-corrected chi connectivity index (χ2v) is 4.49. The molecule has 2 N–H and O–H groups in total. The van der Waals surface area contributed by atoms with Crippen molar-refractivity contribution in [2.24, 2.45) is 0 Å². The van der Waals surface area contributed by atoms with Crippen LogP contribution in [0.3, 0.4) is 0 Å². The third kappa shape index (κ3) is 2.71. The van der Waals surface area contributed by atoms with Gasteiger partial charge in [0.15, 0.2) is 0 Å². The van der Waals surface area contributed by atoms with Gasteiger partial charge in [-0.15, -0.1) is 11.8 Å². The molecule has 0 unspecified atom stereocenters. The molecule has 88 valence electrons. The number of aryl methyl sites for hydroxylation is 1. The zero-order valence-electron chi connectivity index (χ0n) is 9.81. The summed E-state index contributed by atoms with van der Waals surface area (Å²) in [5, 5.41) is 0. The molecule has 0 aliphatic carbocycles.